The van der Waals surface area contributed by atoms with Crippen LogP contribution in [0, 0.1) is 5.92 Å². The van der Waals surface area contributed by atoms with E-state index in [-0.39, 0.29) is 48.0 Å². The Hall–Kier alpha value is 1.82. The van der Waals surface area contributed by atoms with Crippen LogP contribution in [-0.2, 0) is 24.7 Å². The molecule has 1 saturated carbocycles. The zero-order valence-corrected chi connectivity index (χ0v) is 14.3. The summed E-state index contributed by atoms with van der Waals surface area (Å²) in [4.78, 5) is 0. The number of hydrogen-bond acceptors (Lipinski definition) is 0. The zero-order valence-electron chi connectivity index (χ0n) is 7.52. The third-order valence-electron chi connectivity index (χ3n) is 2.76. The Morgan fingerprint density at radius 1 is 1.15 bits per heavy atom. The van der Waals surface area contributed by atoms with Crippen molar-refractivity contribution < 1.29 is 72.7 Å². The van der Waals surface area contributed by atoms with Crippen molar-refractivity contribution in [1.82, 2.24) is 0 Å². The number of rotatable bonds is 1. The molecule has 2 aliphatic rings. The van der Waals surface area contributed by atoms with E-state index in [9.17, 15) is 0 Å². The second kappa shape index (κ2) is 7.16. The van der Waals surface area contributed by atoms with Crippen LogP contribution in [0.5, 0.6) is 0 Å². The summed E-state index contributed by atoms with van der Waals surface area (Å²) in [5, 5.41) is 0. The Morgan fingerprint density at radius 3 is 2.23 bits per heavy atom. The van der Waals surface area contributed by atoms with E-state index in [1.54, 1.807) is 33.6 Å². The summed E-state index contributed by atoms with van der Waals surface area (Å²) in [7, 11) is 0. The maximum absolute atomic E-state index is 2.38. The molecule has 0 unspecified atom stereocenters. The summed E-state index contributed by atoms with van der Waals surface area (Å²) in [6, 6.07) is 0. The predicted molar refractivity (Wildman–Crippen MR) is 42.7 cm³/mol. The molecular weight excluding hydrogens is 465 g/mol. The Kier molecular flexibility index (Phi) is 8.16. The van der Waals surface area contributed by atoms with Crippen LogP contribution in [0.25, 0.3) is 0 Å². The minimum absolute atomic E-state index is 0. The van der Waals surface area contributed by atoms with Gasteiger partial charge in [-0.1, -0.05) is 0 Å². The van der Waals surface area contributed by atoms with Crippen LogP contribution in [0.1, 0.15) is 32.1 Å². The van der Waals surface area contributed by atoms with Crippen LogP contribution >= 0.6 is 0 Å². The molecule has 3 heteroatoms. The van der Waals surface area contributed by atoms with Gasteiger partial charge in [0, 0.05) is 0 Å². The van der Waals surface area contributed by atoms with Crippen LogP contribution in [0.15, 0.2) is 21.0 Å². The van der Waals surface area contributed by atoms with Crippen LogP contribution in [-0.4, -0.2) is 0 Å². The van der Waals surface area contributed by atoms with E-state index in [2.05, 4.69) is 12.2 Å². The molecule has 2 aliphatic carbocycles. The molecular formula is C10H13I2Zr. The van der Waals surface area contributed by atoms with Gasteiger partial charge in [-0.25, -0.2) is 0 Å². The van der Waals surface area contributed by atoms with Gasteiger partial charge in [0.2, 0.25) is 0 Å². The molecule has 0 radical (unpaired) electrons. The molecule has 13 heavy (non-hydrogen) atoms. The molecule has 0 heterocycles. The SMILES string of the molecule is [I-].[I-].[Zr+2][C]1=C(C2CCCC2)C=CC1. The Balaban J connectivity index is 0.000000720. The van der Waals surface area contributed by atoms with Crippen molar-refractivity contribution in [2.45, 2.75) is 32.1 Å². The first-order chi connectivity index (χ1) is 5.38. The van der Waals surface area contributed by atoms with Gasteiger partial charge in [0.1, 0.15) is 0 Å². The van der Waals surface area contributed by atoms with Gasteiger partial charge in [0.05, 0.1) is 0 Å². The second-order valence-electron chi connectivity index (χ2n) is 3.52. The Labute approximate surface area is 130 Å². The summed E-state index contributed by atoms with van der Waals surface area (Å²) < 4.78 is 1.71. The van der Waals surface area contributed by atoms with Gasteiger partial charge in [-0.2, -0.15) is 0 Å². The molecule has 0 nitrogen and oxygen atoms in total. The average Bonchev–Trinajstić information content (AvgIpc) is 2.55. The van der Waals surface area contributed by atoms with Gasteiger partial charge >= 0.3 is 83.7 Å². The Bertz CT molecular complexity index is 215. The molecule has 0 bridgehead atoms. The third-order valence-corrected chi connectivity index (χ3v) is 3.97. The molecule has 0 spiro atoms. The summed E-state index contributed by atoms with van der Waals surface area (Å²) in [5.41, 5.74) is 1.71. The van der Waals surface area contributed by atoms with Gasteiger partial charge in [-0.15, -0.1) is 0 Å². The van der Waals surface area contributed by atoms with E-state index in [0.717, 1.165) is 5.92 Å². The van der Waals surface area contributed by atoms with Gasteiger partial charge in [0.15, 0.2) is 0 Å². The standard InChI is InChI=1S/C10H13.2HI.Zr/c1-2-6-9(5-1)10-7-3-4-8-10;;;/h1,5,10H,2-4,7-8H2;2*1H;/q;;;+2/p-2. The van der Waals surface area contributed by atoms with Gasteiger partial charge in [-0.3, -0.25) is 0 Å². The fourth-order valence-electron chi connectivity index (χ4n) is 2.14. The molecule has 2 rings (SSSR count). The zero-order chi connectivity index (χ0) is 7.68. The number of halogens is 2. The fourth-order valence-corrected chi connectivity index (χ4v) is 3.14. The topological polar surface area (TPSA) is 0 Å². The quantitative estimate of drug-likeness (QED) is 0.352. The van der Waals surface area contributed by atoms with Crippen molar-refractivity contribution in [1.29, 1.82) is 0 Å². The summed E-state index contributed by atoms with van der Waals surface area (Å²) in [5.74, 6) is 0.947. The number of hydrogen-bond donors (Lipinski definition) is 0. The monoisotopic (exact) mass is 477 g/mol. The van der Waals surface area contributed by atoms with E-state index in [1.165, 1.54) is 32.1 Å². The average molecular weight is 478 g/mol. The van der Waals surface area contributed by atoms with E-state index < -0.39 is 0 Å². The van der Waals surface area contributed by atoms with Crippen LogP contribution in [0.2, 0.25) is 0 Å². The van der Waals surface area contributed by atoms with Crippen molar-refractivity contribution in [2.75, 3.05) is 0 Å². The summed E-state index contributed by atoms with van der Waals surface area (Å²) in [6.07, 6.45) is 11.8. The molecule has 0 aromatic heterocycles. The van der Waals surface area contributed by atoms with Crippen molar-refractivity contribution >= 4 is 0 Å². The molecule has 0 aromatic carbocycles. The molecule has 0 atom stereocenters. The first-order valence-electron chi connectivity index (χ1n) is 4.49. The van der Waals surface area contributed by atoms with Gasteiger partial charge in [-0.05, 0) is 0 Å². The van der Waals surface area contributed by atoms with Crippen molar-refractivity contribution in [3.05, 3.63) is 21.0 Å². The van der Waals surface area contributed by atoms with Crippen LogP contribution in [0.4, 0.5) is 0 Å². The summed E-state index contributed by atoms with van der Waals surface area (Å²) >= 11 is 1.64. The predicted octanol–water partition coefficient (Wildman–Crippen LogP) is -3.05. The van der Waals surface area contributed by atoms with E-state index in [4.69, 9.17) is 0 Å². The van der Waals surface area contributed by atoms with Crippen molar-refractivity contribution in [3.63, 3.8) is 0 Å². The molecule has 0 aliphatic heterocycles. The van der Waals surface area contributed by atoms with Crippen molar-refractivity contribution in [3.8, 4) is 0 Å². The summed E-state index contributed by atoms with van der Waals surface area (Å²) in [6.45, 7) is 0. The number of allylic oxidation sites excluding steroid dienone is 4. The molecule has 0 N–H and O–H groups in total. The molecule has 1 fully saturated rings. The molecule has 71 valence electrons. The van der Waals surface area contributed by atoms with Crippen LogP contribution in [0.3, 0.4) is 0 Å². The molecule has 0 saturated heterocycles. The maximum atomic E-state index is 2.38. The third kappa shape index (κ3) is 3.71. The van der Waals surface area contributed by atoms with Crippen molar-refractivity contribution in [2.24, 2.45) is 5.92 Å². The van der Waals surface area contributed by atoms with Crippen LogP contribution < -0.4 is 48.0 Å². The Morgan fingerprint density at radius 2 is 1.77 bits per heavy atom. The van der Waals surface area contributed by atoms with Gasteiger partial charge in [0.25, 0.3) is 0 Å². The molecule has 0 amide bonds. The minimum atomic E-state index is 0. The van der Waals surface area contributed by atoms with E-state index in [1.807, 2.05) is 0 Å². The first-order valence-corrected chi connectivity index (χ1v) is 5.72. The fraction of sp³-hybridized carbons (Fsp3) is 0.600. The first kappa shape index (κ1) is 14.8. The van der Waals surface area contributed by atoms with Gasteiger partial charge < -0.3 is 48.0 Å². The molecule has 0 aromatic rings. The normalized spacial score (nSPS) is 21.7. The van der Waals surface area contributed by atoms with E-state index in [0.29, 0.717) is 0 Å². The second-order valence-corrected chi connectivity index (χ2v) is 5.01. The van der Waals surface area contributed by atoms with E-state index >= 15 is 0 Å².